The van der Waals surface area contributed by atoms with E-state index in [2.05, 4.69) is 13.8 Å². The van der Waals surface area contributed by atoms with E-state index in [1.54, 1.807) is 6.92 Å². The molecule has 0 amide bonds. The van der Waals surface area contributed by atoms with Crippen LogP contribution >= 0.6 is 0 Å². The molecule has 0 N–H and O–H groups in total. The summed E-state index contributed by atoms with van der Waals surface area (Å²) < 4.78 is 17.8. The number of Topliss-reactive ketones (excluding diaryl/α,β-unsaturated/α-hetero) is 2. The first kappa shape index (κ1) is 21.6. The van der Waals surface area contributed by atoms with Crippen LogP contribution in [0.4, 0.5) is 0 Å². The van der Waals surface area contributed by atoms with E-state index in [-0.39, 0.29) is 53.2 Å². The summed E-state index contributed by atoms with van der Waals surface area (Å²) in [5.41, 5.74) is -0.702. The SMILES string of the molecule is CC(=O)O[C@H]1C[C@]2(C)[C@@H](C(C)=O)CC[C@H]2[C@@H]2CC[C@H]3CC4(CC(=O)[C@]3(C)[C@H]21)OCCO4. The second-order valence-electron chi connectivity index (χ2n) is 11.4. The Labute approximate surface area is 184 Å². The van der Waals surface area contributed by atoms with Crippen molar-refractivity contribution in [2.75, 3.05) is 13.2 Å². The number of hydrogen-bond acceptors (Lipinski definition) is 6. The Bertz CT molecular complexity index is 800. The molecule has 1 aliphatic heterocycles. The molecule has 5 aliphatic rings. The fourth-order valence-electron chi connectivity index (χ4n) is 8.85. The molecule has 31 heavy (non-hydrogen) atoms. The molecule has 1 saturated heterocycles. The lowest BCUT2D eigenvalue weighted by atomic mass is 9.43. The van der Waals surface area contributed by atoms with Crippen molar-refractivity contribution < 1.29 is 28.6 Å². The van der Waals surface area contributed by atoms with E-state index in [1.807, 2.05) is 0 Å². The second kappa shape index (κ2) is 7.11. The molecule has 6 nitrogen and oxygen atoms in total. The molecule has 0 aromatic carbocycles. The van der Waals surface area contributed by atoms with E-state index in [9.17, 15) is 14.4 Å². The third-order valence-corrected chi connectivity index (χ3v) is 10.0. The number of carbonyl (C=O) groups is 3. The van der Waals surface area contributed by atoms with E-state index in [0.717, 1.165) is 32.1 Å². The summed E-state index contributed by atoms with van der Waals surface area (Å²) in [6.07, 6.45) is 5.29. The highest BCUT2D eigenvalue weighted by atomic mass is 16.7. The van der Waals surface area contributed by atoms with Gasteiger partial charge in [-0.05, 0) is 62.2 Å². The van der Waals surface area contributed by atoms with E-state index in [0.29, 0.717) is 31.5 Å². The number of ketones is 2. The fraction of sp³-hybridized carbons (Fsp3) is 0.880. The number of fused-ring (bicyclic) bond motifs is 5. The van der Waals surface area contributed by atoms with Crippen LogP contribution in [-0.2, 0) is 28.6 Å². The predicted octanol–water partition coefficient (Wildman–Crippen LogP) is 3.70. The normalized spacial score (nSPS) is 48.1. The summed E-state index contributed by atoms with van der Waals surface area (Å²) in [6.45, 7) is 8.61. The maximum Gasteiger partial charge on any atom is 0.302 e. The van der Waals surface area contributed by atoms with Crippen molar-refractivity contribution in [2.24, 2.45) is 40.4 Å². The highest BCUT2D eigenvalue weighted by molar-refractivity contribution is 5.87. The summed E-state index contributed by atoms with van der Waals surface area (Å²) in [4.78, 5) is 38.4. The standard InChI is InChI=1S/C25H36O6/c1-14(26)18-7-8-19-17-6-5-16-11-25(29-9-10-30-25)13-21(28)24(16,4)22(17)20(31-15(2)27)12-23(18,19)3/h16-20,22H,5-13H2,1-4H3/t16-,17-,18+,19-,20-,22+,23+,24+/m0/s1. The molecular formula is C25H36O6. The van der Waals surface area contributed by atoms with Crippen molar-refractivity contribution in [3.63, 3.8) is 0 Å². The Kier molecular flexibility index (Phi) is 4.95. The zero-order chi connectivity index (χ0) is 22.2. The largest absolute Gasteiger partial charge is 0.462 e. The topological polar surface area (TPSA) is 78.9 Å². The first-order valence-corrected chi connectivity index (χ1v) is 12.1. The highest BCUT2D eigenvalue weighted by Crippen LogP contribution is 2.68. The Morgan fingerprint density at radius 3 is 2.35 bits per heavy atom. The number of rotatable bonds is 2. The molecule has 8 atom stereocenters. The third-order valence-electron chi connectivity index (χ3n) is 10.0. The van der Waals surface area contributed by atoms with Crippen LogP contribution in [0.25, 0.3) is 0 Å². The Morgan fingerprint density at radius 2 is 1.71 bits per heavy atom. The monoisotopic (exact) mass is 432 g/mol. The van der Waals surface area contributed by atoms with Crippen LogP contribution in [0.5, 0.6) is 0 Å². The number of hydrogen-bond donors (Lipinski definition) is 0. The quantitative estimate of drug-likeness (QED) is 0.619. The van der Waals surface area contributed by atoms with Gasteiger partial charge in [-0.3, -0.25) is 14.4 Å². The average molecular weight is 433 g/mol. The van der Waals surface area contributed by atoms with E-state index in [4.69, 9.17) is 14.2 Å². The Balaban J connectivity index is 1.53. The van der Waals surface area contributed by atoms with Crippen molar-refractivity contribution in [3.05, 3.63) is 0 Å². The first-order chi connectivity index (χ1) is 14.6. The predicted molar refractivity (Wildman–Crippen MR) is 112 cm³/mol. The van der Waals surface area contributed by atoms with Gasteiger partial charge in [0.05, 0.1) is 19.6 Å². The third kappa shape index (κ3) is 3.00. The molecule has 0 aromatic heterocycles. The van der Waals surface area contributed by atoms with Crippen LogP contribution in [0.15, 0.2) is 0 Å². The van der Waals surface area contributed by atoms with Crippen LogP contribution in [0.3, 0.4) is 0 Å². The average Bonchev–Trinajstić information content (AvgIpc) is 3.26. The molecule has 0 bridgehead atoms. The minimum Gasteiger partial charge on any atom is -0.462 e. The van der Waals surface area contributed by atoms with Gasteiger partial charge in [-0.25, -0.2) is 0 Å². The van der Waals surface area contributed by atoms with Crippen molar-refractivity contribution >= 4 is 17.5 Å². The van der Waals surface area contributed by atoms with Crippen molar-refractivity contribution in [1.82, 2.24) is 0 Å². The van der Waals surface area contributed by atoms with Gasteiger partial charge in [0.25, 0.3) is 0 Å². The molecule has 4 saturated carbocycles. The second-order valence-corrected chi connectivity index (χ2v) is 11.4. The number of ether oxygens (including phenoxy) is 3. The first-order valence-electron chi connectivity index (χ1n) is 12.1. The Hall–Kier alpha value is -1.27. The van der Waals surface area contributed by atoms with Gasteiger partial charge in [0.2, 0.25) is 0 Å². The number of esters is 1. The lowest BCUT2D eigenvalue weighted by Crippen LogP contribution is -2.64. The summed E-state index contributed by atoms with van der Waals surface area (Å²) in [5.74, 6) is 0.296. The van der Waals surface area contributed by atoms with Crippen LogP contribution in [0.2, 0.25) is 0 Å². The molecule has 5 rings (SSSR count). The zero-order valence-corrected chi connectivity index (χ0v) is 19.3. The van der Waals surface area contributed by atoms with Gasteiger partial charge < -0.3 is 14.2 Å². The minimum atomic E-state index is -0.749. The van der Waals surface area contributed by atoms with Gasteiger partial charge in [-0.2, -0.15) is 0 Å². The number of carbonyl (C=O) groups excluding carboxylic acids is 3. The molecular weight excluding hydrogens is 396 g/mol. The van der Waals surface area contributed by atoms with Crippen molar-refractivity contribution in [2.45, 2.75) is 84.5 Å². The molecule has 1 heterocycles. The zero-order valence-electron chi connectivity index (χ0n) is 19.3. The summed E-state index contributed by atoms with van der Waals surface area (Å²) in [5, 5.41) is 0. The van der Waals surface area contributed by atoms with Crippen molar-refractivity contribution in [3.8, 4) is 0 Å². The lowest BCUT2D eigenvalue weighted by molar-refractivity contribution is -0.234. The highest BCUT2D eigenvalue weighted by Gasteiger charge is 2.68. The van der Waals surface area contributed by atoms with Gasteiger partial charge in [-0.1, -0.05) is 13.8 Å². The van der Waals surface area contributed by atoms with Crippen LogP contribution in [0, 0.1) is 40.4 Å². The summed E-state index contributed by atoms with van der Waals surface area (Å²) in [6, 6.07) is 0. The van der Waals surface area contributed by atoms with Gasteiger partial charge in [0.15, 0.2) is 5.79 Å². The van der Waals surface area contributed by atoms with Gasteiger partial charge in [0.1, 0.15) is 17.7 Å². The van der Waals surface area contributed by atoms with E-state index < -0.39 is 11.2 Å². The van der Waals surface area contributed by atoms with Gasteiger partial charge >= 0.3 is 5.97 Å². The van der Waals surface area contributed by atoms with Gasteiger partial charge in [-0.15, -0.1) is 0 Å². The lowest BCUT2D eigenvalue weighted by Gasteiger charge is -2.62. The van der Waals surface area contributed by atoms with E-state index in [1.165, 1.54) is 6.92 Å². The van der Waals surface area contributed by atoms with Gasteiger partial charge in [0, 0.05) is 30.6 Å². The maximum absolute atomic E-state index is 13.8. The smallest absolute Gasteiger partial charge is 0.302 e. The molecule has 6 heteroatoms. The molecule has 1 spiro atoms. The molecule has 4 aliphatic carbocycles. The maximum atomic E-state index is 13.8. The van der Waals surface area contributed by atoms with E-state index >= 15 is 0 Å². The Morgan fingerprint density at radius 1 is 1.00 bits per heavy atom. The molecule has 5 fully saturated rings. The fourth-order valence-corrected chi connectivity index (χ4v) is 8.85. The summed E-state index contributed by atoms with van der Waals surface area (Å²) >= 11 is 0. The van der Waals surface area contributed by atoms with Crippen LogP contribution < -0.4 is 0 Å². The molecule has 172 valence electrons. The van der Waals surface area contributed by atoms with Crippen LogP contribution in [0.1, 0.15) is 72.6 Å². The summed E-state index contributed by atoms with van der Waals surface area (Å²) in [7, 11) is 0. The molecule has 0 unspecified atom stereocenters. The molecule has 0 aromatic rings. The molecule has 0 radical (unpaired) electrons. The minimum absolute atomic E-state index is 0.00480. The van der Waals surface area contributed by atoms with Crippen LogP contribution in [-0.4, -0.2) is 42.6 Å². The van der Waals surface area contributed by atoms with Crippen molar-refractivity contribution in [1.29, 1.82) is 0 Å².